The summed E-state index contributed by atoms with van der Waals surface area (Å²) in [5, 5.41) is 4.24. The molecule has 2 fully saturated rings. The molecule has 178 valence electrons. The van der Waals surface area contributed by atoms with Gasteiger partial charge in [-0.05, 0) is 81.9 Å². The number of nitrogens with two attached hydrogens (primary N) is 1. The van der Waals surface area contributed by atoms with Gasteiger partial charge >= 0.3 is 12.1 Å². The topological polar surface area (TPSA) is 99.7 Å². The minimum Gasteiger partial charge on any atom is -0.464 e. The Morgan fingerprint density at radius 2 is 1.79 bits per heavy atom. The van der Waals surface area contributed by atoms with Crippen molar-refractivity contribution in [1.29, 1.82) is 0 Å². The molecule has 2 heterocycles. The number of benzene rings is 1. The highest BCUT2D eigenvalue weighted by atomic mass is 16.6. The maximum Gasteiger partial charge on any atom is 0.410 e. The number of amides is 1. The molecule has 1 spiro atoms. The van der Waals surface area contributed by atoms with E-state index in [1.165, 1.54) is 25.5 Å². The Morgan fingerprint density at radius 1 is 1.15 bits per heavy atom. The van der Waals surface area contributed by atoms with E-state index in [4.69, 9.17) is 15.2 Å². The van der Waals surface area contributed by atoms with Gasteiger partial charge < -0.3 is 20.1 Å². The predicted octanol–water partition coefficient (Wildman–Crippen LogP) is 4.21. The van der Waals surface area contributed by atoms with Crippen LogP contribution in [0.4, 0.5) is 10.5 Å². The van der Waals surface area contributed by atoms with Crippen molar-refractivity contribution in [3.63, 3.8) is 0 Å². The lowest BCUT2D eigenvalue weighted by Crippen LogP contribution is -2.50. The number of hydrogen-bond donors (Lipinski definition) is 1. The second-order valence-electron chi connectivity index (χ2n) is 10.5. The maximum absolute atomic E-state index is 12.3. The molecule has 1 aromatic carbocycles. The van der Waals surface area contributed by atoms with Gasteiger partial charge in [-0.3, -0.25) is 0 Å². The Kier molecular flexibility index (Phi) is 6.12. The van der Waals surface area contributed by atoms with Crippen molar-refractivity contribution in [3.05, 3.63) is 41.7 Å². The van der Waals surface area contributed by atoms with E-state index in [1.807, 2.05) is 37.8 Å². The zero-order valence-electron chi connectivity index (χ0n) is 20.0. The monoisotopic (exact) mass is 454 g/mol. The average molecular weight is 455 g/mol. The Morgan fingerprint density at radius 3 is 2.36 bits per heavy atom. The highest BCUT2D eigenvalue weighted by Crippen LogP contribution is 2.53. The normalized spacial score (nSPS) is 18.1. The third kappa shape index (κ3) is 5.15. The van der Waals surface area contributed by atoms with Gasteiger partial charge in [0.05, 0.1) is 24.7 Å². The van der Waals surface area contributed by atoms with Crippen LogP contribution in [0.1, 0.15) is 62.5 Å². The number of likely N-dealkylation sites (tertiary alicyclic amines) is 1. The molecule has 2 N–H and O–H groups in total. The van der Waals surface area contributed by atoms with Gasteiger partial charge in [0.2, 0.25) is 0 Å². The van der Waals surface area contributed by atoms with Gasteiger partial charge in [0.25, 0.3) is 0 Å². The highest BCUT2D eigenvalue weighted by molar-refractivity contribution is 5.92. The lowest BCUT2D eigenvalue weighted by molar-refractivity contribution is -0.0269. The van der Waals surface area contributed by atoms with Crippen molar-refractivity contribution in [2.75, 3.05) is 25.9 Å². The van der Waals surface area contributed by atoms with E-state index >= 15 is 0 Å². The molecule has 0 atom stereocenters. The first-order chi connectivity index (χ1) is 15.6. The smallest absolute Gasteiger partial charge is 0.410 e. The lowest BCUT2D eigenvalue weighted by atomic mass is 9.56. The summed E-state index contributed by atoms with van der Waals surface area (Å²) in [6, 6.07) is 8.22. The van der Waals surface area contributed by atoms with Crippen LogP contribution < -0.4 is 5.73 Å². The molecule has 0 bridgehead atoms. The van der Waals surface area contributed by atoms with Gasteiger partial charge in [0, 0.05) is 13.1 Å². The van der Waals surface area contributed by atoms with Crippen LogP contribution in [0.2, 0.25) is 0 Å². The quantitative estimate of drug-likeness (QED) is 0.695. The van der Waals surface area contributed by atoms with Crippen molar-refractivity contribution >= 4 is 17.7 Å². The third-order valence-electron chi connectivity index (χ3n) is 6.77. The van der Waals surface area contributed by atoms with Crippen LogP contribution >= 0.6 is 0 Å². The second-order valence-corrected chi connectivity index (χ2v) is 10.5. The Bertz CT molecular complexity index is 1010. The van der Waals surface area contributed by atoms with Gasteiger partial charge in [0.15, 0.2) is 5.69 Å². The average Bonchev–Trinajstić information content (AvgIpc) is 3.13. The summed E-state index contributed by atoms with van der Waals surface area (Å²) in [7, 11) is 1.31. The van der Waals surface area contributed by atoms with Crippen molar-refractivity contribution < 1.29 is 19.1 Å². The largest absolute Gasteiger partial charge is 0.464 e. The van der Waals surface area contributed by atoms with E-state index in [1.54, 1.807) is 10.9 Å². The van der Waals surface area contributed by atoms with Crippen LogP contribution in [0, 0.1) is 11.3 Å². The van der Waals surface area contributed by atoms with Gasteiger partial charge in [-0.25, -0.2) is 14.3 Å². The van der Waals surface area contributed by atoms with Gasteiger partial charge in [-0.15, -0.1) is 0 Å². The van der Waals surface area contributed by atoms with E-state index in [0.717, 1.165) is 38.0 Å². The maximum atomic E-state index is 12.3. The number of aromatic nitrogens is 2. The van der Waals surface area contributed by atoms with Crippen LogP contribution in [0.5, 0.6) is 0 Å². The Hall–Kier alpha value is -3.03. The molecule has 4 rings (SSSR count). The van der Waals surface area contributed by atoms with Gasteiger partial charge in [-0.2, -0.15) is 5.10 Å². The molecule has 8 heteroatoms. The number of piperidine rings is 1. The molecule has 0 unspecified atom stereocenters. The molecule has 1 aliphatic carbocycles. The summed E-state index contributed by atoms with van der Waals surface area (Å²) in [5.41, 5.74) is 8.38. The van der Waals surface area contributed by atoms with Crippen LogP contribution in [0.3, 0.4) is 0 Å². The summed E-state index contributed by atoms with van der Waals surface area (Å²) in [5.74, 6) is 0.133. The fraction of sp³-hybridized carbons (Fsp3) is 0.560. The number of ether oxygens (including phenoxy) is 2. The SMILES string of the molecule is COC(=O)c1nn(-c2ccc(CC3CC4(CCN(C(=O)OC(C)(C)C)CC4)C3)cc2)cc1N. The molecular formula is C25H34N4O4. The minimum atomic E-state index is -0.543. The number of rotatable bonds is 4. The number of nitrogens with zero attached hydrogens (tertiary/aromatic N) is 3. The van der Waals surface area contributed by atoms with Gasteiger partial charge in [-0.1, -0.05) is 12.1 Å². The first kappa shape index (κ1) is 23.1. The number of carbonyl (C=O) groups excluding carboxylic acids is 2. The molecule has 8 nitrogen and oxygen atoms in total. The lowest BCUT2D eigenvalue weighted by Gasteiger charge is -2.52. The zero-order chi connectivity index (χ0) is 23.8. The Balaban J connectivity index is 1.28. The predicted molar refractivity (Wildman–Crippen MR) is 125 cm³/mol. The molecule has 1 saturated heterocycles. The van der Waals surface area contributed by atoms with Crippen molar-refractivity contribution in [1.82, 2.24) is 14.7 Å². The molecular weight excluding hydrogens is 420 g/mol. The van der Waals surface area contributed by atoms with Crippen LogP contribution in [0.25, 0.3) is 5.69 Å². The second kappa shape index (κ2) is 8.72. The van der Waals surface area contributed by atoms with Crippen LogP contribution in [-0.4, -0.2) is 52.5 Å². The highest BCUT2D eigenvalue weighted by Gasteiger charge is 2.46. The van der Waals surface area contributed by atoms with E-state index < -0.39 is 11.6 Å². The molecule has 2 aliphatic rings. The van der Waals surface area contributed by atoms with E-state index in [0.29, 0.717) is 17.0 Å². The number of anilines is 1. The van der Waals surface area contributed by atoms with Crippen molar-refractivity contribution in [2.24, 2.45) is 11.3 Å². The van der Waals surface area contributed by atoms with E-state index in [2.05, 4.69) is 17.2 Å². The van der Waals surface area contributed by atoms with E-state index in [9.17, 15) is 9.59 Å². The minimum absolute atomic E-state index is 0.124. The first-order valence-corrected chi connectivity index (χ1v) is 11.6. The van der Waals surface area contributed by atoms with Crippen LogP contribution in [0.15, 0.2) is 30.5 Å². The summed E-state index contributed by atoms with van der Waals surface area (Å²) < 4.78 is 11.8. The van der Waals surface area contributed by atoms with E-state index in [-0.39, 0.29) is 11.8 Å². The molecule has 1 aliphatic heterocycles. The summed E-state index contributed by atoms with van der Waals surface area (Å²) in [6.45, 7) is 7.30. The molecule has 1 amide bonds. The number of nitrogen functional groups attached to an aromatic ring is 1. The summed E-state index contributed by atoms with van der Waals surface area (Å²) >= 11 is 0. The number of methoxy groups -OCH3 is 1. The standard InChI is InChI=1S/C25H34N4O4/c1-24(2,3)33-23(31)28-11-9-25(10-12-28)14-18(15-25)13-17-5-7-19(8-6-17)29-16-20(26)21(27-29)22(30)32-4/h5-8,16,18H,9-15,26H2,1-4H3. The number of esters is 1. The number of hydrogen-bond acceptors (Lipinski definition) is 6. The van der Waals surface area contributed by atoms with Crippen LogP contribution in [-0.2, 0) is 15.9 Å². The summed E-state index contributed by atoms with van der Waals surface area (Å²) in [4.78, 5) is 25.9. The molecule has 2 aromatic rings. The number of carbonyl (C=O) groups is 2. The Labute approximate surface area is 195 Å². The van der Waals surface area contributed by atoms with Crippen molar-refractivity contribution in [3.8, 4) is 5.69 Å². The molecule has 0 radical (unpaired) electrons. The first-order valence-electron chi connectivity index (χ1n) is 11.6. The summed E-state index contributed by atoms with van der Waals surface area (Å²) in [6.07, 6.45) is 7.04. The third-order valence-corrected chi connectivity index (χ3v) is 6.77. The molecule has 1 saturated carbocycles. The molecule has 1 aromatic heterocycles. The van der Waals surface area contributed by atoms with Gasteiger partial charge in [0.1, 0.15) is 5.60 Å². The molecule has 33 heavy (non-hydrogen) atoms. The fourth-order valence-electron chi connectivity index (χ4n) is 5.10. The zero-order valence-corrected chi connectivity index (χ0v) is 20.0. The fourth-order valence-corrected chi connectivity index (χ4v) is 5.10. The van der Waals surface area contributed by atoms with Crippen molar-refractivity contribution in [2.45, 2.75) is 58.5 Å².